The number of hydrogen-bond acceptors (Lipinski definition) is 4. The van der Waals surface area contributed by atoms with Crippen molar-refractivity contribution in [3.05, 3.63) is 0 Å². The topological polar surface area (TPSA) is 58.6 Å². The number of esters is 1. The van der Waals surface area contributed by atoms with E-state index in [9.17, 15) is 9.59 Å². The van der Waals surface area contributed by atoms with Gasteiger partial charge in [0.1, 0.15) is 4.83 Å². The number of carbonyl (C=O) groups excluding carboxylic acids is 2. The Bertz CT molecular complexity index is 273. The molecule has 2 unspecified atom stereocenters. The lowest BCUT2D eigenvalue weighted by molar-refractivity contribution is -0.140. The molecule has 1 aliphatic rings. The van der Waals surface area contributed by atoms with Gasteiger partial charge in [-0.15, -0.1) is 0 Å². The van der Waals surface area contributed by atoms with Crippen molar-refractivity contribution in [1.82, 2.24) is 10.2 Å². The van der Waals surface area contributed by atoms with Gasteiger partial charge in [-0.1, -0.05) is 15.9 Å². The highest BCUT2D eigenvalue weighted by atomic mass is 79.9. The molecule has 1 aliphatic heterocycles. The monoisotopic (exact) mass is 292 g/mol. The van der Waals surface area contributed by atoms with Gasteiger partial charge in [0.05, 0.1) is 7.11 Å². The van der Waals surface area contributed by atoms with E-state index in [1.165, 1.54) is 14.0 Å². The quantitative estimate of drug-likeness (QED) is 0.591. The number of nitrogens with one attached hydrogen (secondary N) is 1. The van der Waals surface area contributed by atoms with Gasteiger partial charge in [0.2, 0.25) is 5.91 Å². The number of carbonyl (C=O) groups is 2. The number of methoxy groups -OCH3 is 1. The van der Waals surface area contributed by atoms with Crippen LogP contribution in [0.3, 0.4) is 0 Å². The van der Waals surface area contributed by atoms with Crippen molar-refractivity contribution < 1.29 is 14.3 Å². The molecule has 1 amide bonds. The number of hydrogen-bond donors (Lipinski definition) is 1. The summed E-state index contributed by atoms with van der Waals surface area (Å²) in [6.45, 7) is 3.82. The van der Waals surface area contributed by atoms with Gasteiger partial charge in [-0.25, -0.2) is 0 Å². The molecule has 0 aliphatic carbocycles. The smallest absolute Gasteiger partial charge is 0.320 e. The van der Waals surface area contributed by atoms with Gasteiger partial charge in [0, 0.05) is 32.6 Å². The van der Waals surface area contributed by atoms with Crippen molar-refractivity contribution in [3.63, 3.8) is 0 Å². The van der Waals surface area contributed by atoms with Gasteiger partial charge in [0.15, 0.2) is 0 Å². The minimum absolute atomic E-state index is 0.00444. The molecule has 92 valence electrons. The average Bonchev–Trinajstić information content (AvgIpc) is 2.63. The van der Waals surface area contributed by atoms with Crippen molar-refractivity contribution in [2.24, 2.45) is 0 Å². The van der Waals surface area contributed by atoms with E-state index in [1.54, 1.807) is 0 Å². The van der Waals surface area contributed by atoms with Gasteiger partial charge in [-0.05, 0) is 6.42 Å². The molecule has 0 radical (unpaired) electrons. The fourth-order valence-electron chi connectivity index (χ4n) is 1.83. The molecule has 16 heavy (non-hydrogen) atoms. The van der Waals surface area contributed by atoms with E-state index in [0.29, 0.717) is 6.54 Å². The van der Waals surface area contributed by atoms with E-state index in [0.717, 1.165) is 19.5 Å². The minimum Gasteiger partial charge on any atom is -0.468 e. The predicted octanol–water partition coefficient (Wildman–Crippen LogP) is 0.133. The maximum absolute atomic E-state index is 11.2. The molecule has 0 aromatic carbocycles. The molecule has 1 heterocycles. The first kappa shape index (κ1) is 13.4. The molecule has 0 bridgehead atoms. The van der Waals surface area contributed by atoms with Crippen LogP contribution in [0.15, 0.2) is 0 Å². The summed E-state index contributed by atoms with van der Waals surface area (Å²) in [7, 11) is 1.38. The number of ether oxygens (including phenoxy) is 1. The molecule has 1 N–H and O–H groups in total. The van der Waals surface area contributed by atoms with Crippen LogP contribution in [0.25, 0.3) is 0 Å². The molecule has 1 rings (SSSR count). The Kier molecular flexibility index (Phi) is 5.21. The van der Waals surface area contributed by atoms with Crippen LogP contribution in [-0.4, -0.2) is 54.4 Å². The van der Waals surface area contributed by atoms with Crippen molar-refractivity contribution in [2.45, 2.75) is 24.2 Å². The summed E-state index contributed by atoms with van der Waals surface area (Å²) >= 11 is 3.28. The van der Waals surface area contributed by atoms with Crippen LogP contribution in [0, 0.1) is 0 Å². The second kappa shape index (κ2) is 6.20. The summed E-state index contributed by atoms with van der Waals surface area (Å²) in [5.74, 6) is -0.266. The van der Waals surface area contributed by atoms with Crippen LogP contribution >= 0.6 is 15.9 Å². The highest BCUT2D eigenvalue weighted by molar-refractivity contribution is 9.10. The van der Waals surface area contributed by atoms with Crippen LogP contribution in [0.4, 0.5) is 0 Å². The molecule has 0 aromatic heterocycles. The van der Waals surface area contributed by atoms with Crippen molar-refractivity contribution in [2.75, 3.05) is 26.7 Å². The number of rotatable bonds is 4. The molecule has 6 heteroatoms. The largest absolute Gasteiger partial charge is 0.468 e. The summed E-state index contributed by atoms with van der Waals surface area (Å²) in [4.78, 5) is 23.9. The first-order valence-electron chi connectivity index (χ1n) is 5.24. The number of nitrogens with zero attached hydrogens (tertiary/aromatic N) is 1. The maximum atomic E-state index is 11.2. The summed E-state index contributed by atoms with van der Waals surface area (Å²) in [5.41, 5.74) is 0. The first-order valence-corrected chi connectivity index (χ1v) is 6.16. The number of alkyl halides is 1. The fourth-order valence-corrected chi connectivity index (χ4v) is 2.43. The van der Waals surface area contributed by atoms with Gasteiger partial charge < -0.3 is 10.1 Å². The second-order valence-corrected chi connectivity index (χ2v) is 5.04. The lowest BCUT2D eigenvalue weighted by Gasteiger charge is -2.18. The molecule has 0 saturated carbocycles. The van der Waals surface area contributed by atoms with Gasteiger partial charge >= 0.3 is 5.97 Å². The fraction of sp³-hybridized carbons (Fsp3) is 0.800. The van der Waals surface area contributed by atoms with E-state index >= 15 is 0 Å². The lowest BCUT2D eigenvalue weighted by Crippen LogP contribution is -2.38. The lowest BCUT2D eigenvalue weighted by atomic mass is 10.2. The summed E-state index contributed by atoms with van der Waals surface area (Å²) < 4.78 is 4.63. The Hall–Kier alpha value is -0.620. The molecular weight excluding hydrogens is 276 g/mol. The Balaban J connectivity index is 2.31. The molecule has 5 nitrogen and oxygen atoms in total. The Morgan fingerprint density at radius 3 is 2.88 bits per heavy atom. The van der Waals surface area contributed by atoms with E-state index in [-0.39, 0.29) is 22.7 Å². The highest BCUT2D eigenvalue weighted by Crippen LogP contribution is 2.13. The van der Waals surface area contributed by atoms with Crippen LogP contribution in [0.1, 0.15) is 13.3 Å². The molecule has 2 atom stereocenters. The standard InChI is InChI=1S/C10H17BrN2O3/c1-7(14)12-8-3-4-13(5-8)6-9(11)10(15)16-2/h8-9H,3-6H2,1-2H3,(H,12,14). The van der Waals surface area contributed by atoms with E-state index in [2.05, 4.69) is 30.9 Å². The van der Waals surface area contributed by atoms with Crippen LogP contribution in [-0.2, 0) is 14.3 Å². The highest BCUT2D eigenvalue weighted by Gasteiger charge is 2.26. The normalized spacial score (nSPS) is 22.8. The molecule has 1 saturated heterocycles. The Labute approximate surface area is 104 Å². The Morgan fingerprint density at radius 1 is 1.62 bits per heavy atom. The van der Waals surface area contributed by atoms with Crippen LogP contribution in [0.2, 0.25) is 0 Å². The van der Waals surface area contributed by atoms with E-state index < -0.39 is 0 Å². The third kappa shape index (κ3) is 4.09. The number of likely N-dealkylation sites (tertiary alicyclic amines) is 1. The third-order valence-electron chi connectivity index (χ3n) is 2.56. The van der Waals surface area contributed by atoms with Gasteiger partial charge in [-0.3, -0.25) is 14.5 Å². The minimum atomic E-state index is -0.298. The summed E-state index contributed by atoms with van der Waals surface area (Å²) in [6.07, 6.45) is 0.931. The van der Waals surface area contributed by atoms with Gasteiger partial charge in [0.25, 0.3) is 0 Å². The van der Waals surface area contributed by atoms with Gasteiger partial charge in [-0.2, -0.15) is 0 Å². The van der Waals surface area contributed by atoms with Crippen LogP contribution in [0.5, 0.6) is 0 Å². The average molecular weight is 293 g/mol. The van der Waals surface area contributed by atoms with Crippen molar-refractivity contribution in [1.29, 1.82) is 0 Å². The molecule has 1 fully saturated rings. The Morgan fingerprint density at radius 2 is 2.31 bits per heavy atom. The predicted molar refractivity (Wildman–Crippen MR) is 63.4 cm³/mol. The number of amides is 1. The maximum Gasteiger partial charge on any atom is 0.320 e. The zero-order valence-electron chi connectivity index (χ0n) is 9.53. The second-order valence-electron chi connectivity index (χ2n) is 3.94. The van der Waals surface area contributed by atoms with Crippen molar-refractivity contribution >= 4 is 27.8 Å². The number of halogens is 1. The summed E-state index contributed by atoms with van der Waals surface area (Å²) in [6, 6.07) is 0.204. The molecule has 0 aromatic rings. The van der Waals surface area contributed by atoms with E-state index in [1.807, 2.05) is 0 Å². The zero-order chi connectivity index (χ0) is 12.1. The first-order chi connectivity index (χ1) is 7.52. The van der Waals surface area contributed by atoms with E-state index in [4.69, 9.17) is 0 Å². The molecule has 0 spiro atoms. The third-order valence-corrected chi connectivity index (χ3v) is 3.22. The van der Waals surface area contributed by atoms with Crippen molar-refractivity contribution in [3.8, 4) is 0 Å². The zero-order valence-corrected chi connectivity index (χ0v) is 11.1. The molecular formula is C10H17BrN2O3. The summed E-state index contributed by atoms with van der Waals surface area (Å²) in [5, 5.41) is 2.88. The van der Waals surface area contributed by atoms with Crippen LogP contribution < -0.4 is 5.32 Å². The SMILES string of the molecule is COC(=O)C(Br)CN1CCC(NC(C)=O)C1.